The zero-order valence-electron chi connectivity index (χ0n) is 18.7. The molecule has 0 aliphatic carbocycles. The number of hydrogen-bond acceptors (Lipinski definition) is 4. The third-order valence-corrected chi connectivity index (χ3v) is 6.10. The SMILES string of the molecule is CCNC(=O)C(C)CC(=O)c1ccc(C2=NOC(c3cc(Cl)cc(Cl)c3)(C(F)(F)F)C2)cc1C. The zero-order chi connectivity index (χ0) is 25.3. The van der Waals surface area contributed by atoms with E-state index in [0.717, 1.165) is 12.1 Å². The number of nitrogens with one attached hydrogen (secondary N) is 1. The first-order valence-electron chi connectivity index (χ1n) is 10.6. The van der Waals surface area contributed by atoms with Crippen molar-refractivity contribution in [2.75, 3.05) is 6.54 Å². The molecule has 1 heterocycles. The highest BCUT2D eigenvalue weighted by Gasteiger charge is 2.62. The van der Waals surface area contributed by atoms with Gasteiger partial charge < -0.3 is 10.2 Å². The van der Waals surface area contributed by atoms with Crippen LogP contribution in [0.25, 0.3) is 0 Å². The van der Waals surface area contributed by atoms with Crippen LogP contribution in [0.3, 0.4) is 0 Å². The number of alkyl halides is 3. The van der Waals surface area contributed by atoms with Crippen molar-refractivity contribution in [1.82, 2.24) is 5.32 Å². The van der Waals surface area contributed by atoms with E-state index >= 15 is 0 Å². The fourth-order valence-corrected chi connectivity index (χ4v) is 4.36. The Labute approximate surface area is 205 Å². The molecular formula is C24H23Cl2F3N2O3. The molecule has 182 valence electrons. The molecule has 0 bridgehead atoms. The highest BCUT2D eigenvalue weighted by molar-refractivity contribution is 6.34. The topological polar surface area (TPSA) is 67.8 Å². The molecule has 0 saturated heterocycles. The van der Waals surface area contributed by atoms with Crippen molar-refractivity contribution >= 4 is 40.6 Å². The third-order valence-electron chi connectivity index (χ3n) is 5.67. The fraction of sp³-hybridized carbons (Fsp3) is 0.375. The molecule has 2 unspecified atom stereocenters. The Morgan fingerprint density at radius 1 is 1.18 bits per heavy atom. The minimum Gasteiger partial charge on any atom is -0.374 e. The van der Waals surface area contributed by atoms with Crippen LogP contribution in [0.4, 0.5) is 13.2 Å². The Balaban J connectivity index is 1.85. The number of carbonyl (C=O) groups is 2. The summed E-state index contributed by atoms with van der Waals surface area (Å²) in [4.78, 5) is 29.6. The van der Waals surface area contributed by atoms with E-state index in [0.29, 0.717) is 23.2 Å². The molecule has 1 aliphatic heterocycles. The number of benzene rings is 2. The van der Waals surface area contributed by atoms with Crippen molar-refractivity contribution in [3.05, 3.63) is 68.7 Å². The van der Waals surface area contributed by atoms with E-state index < -0.39 is 24.1 Å². The minimum atomic E-state index is -4.80. The molecule has 3 rings (SSSR count). The Hall–Kier alpha value is -2.58. The Morgan fingerprint density at radius 3 is 2.38 bits per heavy atom. The predicted octanol–water partition coefficient (Wildman–Crippen LogP) is 6.23. The van der Waals surface area contributed by atoms with E-state index in [-0.39, 0.29) is 39.4 Å². The summed E-state index contributed by atoms with van der Waals surface area (Å²) in [7, 11) is 0. The Morgan fingerprint density at radius 2 is 1.82 bits per heavy atom. The summed E-state index contributed by atoms with van der Waals surface area (Å²) in [6, 6.07) is 8.29. The highest BCUT2D eigenvalue weighted by atomic mass is 35.5. The maximum atomic E-state index is 14.2. The lowest BCUT2D eigenvalue weighted by Gasteiger charge is -2.29. The maximum absolute atomic E-state index is 14.2. The molecule has 0 spiro atoms. The Bertz CT molecular complexity index is 1130. The van der Waals surface area contributed by atoms with E-state index in [2.05, 4.69) is 10.5 Å². The molecule has 10 heteroatoms. The summed E-state index contributed by atoms with van der Waals surface area (Å²) in [6.07, 6.45) is -5.37. The number of Topliss-reactive ketones (excluding diaryl/α,β-unsaturated/α-hetero) is 1. The van der Waals surface area contributed by atoms with Crippen LogP contribution in [0, 0.1) is 12.8 Å². The predicted molar refractivity (Wildman–Crippen MR) is 124 cm³/mol. The largest absolute Gasteiger partial charge is 0.435 e. The number of oxime groups is 1. The van der Waals surface area contributed by atoms with Gasteiger partial charge in [-0.2, -0.15) is 13.2 Å². The number of ketones is 1. The second-order valence-corrected chi connectivity index (χ2v) is 9.11. The van der Waals surface area contributed by atoms with Crippen molar-refractivity contribution in [3.8, 4) is 0 Å². The van der Waals surface area contributed by atoms with E-state index in [4.69, 9.17) is 28.0 Å². The fourth-order valence-electron chi connectivity index (χ4n) is 3.83. The summed E-state index contributed by atoms with van der Waals surface area (Å²) >= 11 is 11.9. The molecule has 2 aromatic rings. The van der Waals surface area contributed by atoms with Gasteiger partial charge in [0.2, 0.25) is 5.91 Å². The first kappa shape index (κ1) is 26.0. The normalized spacial score (nSPS) is 18.8. The molecule has 1 amide bonds. The summed E-state index contributed by atoms with van der Waals surface area (Å²) in [5.74, 6) is -0.950. The van der Waals surface area contributed by atoms with Crippen LogP contribution in [0.5, 0.6) is 0 Å². The van der Waals surface area contributed by atoms with Crippen molar-refractivity contribution in [2.24, 2.45) is 11.1 Å². The van der Waals surface area contributed by atoms with Crippen LogP contribution in [-0.2, 0) is 15.2 Å². The van der Waals surface area contributed by atoms with E-state index in [1.807, 2.05) is 0 Å². The van der Waals surface area contributed by atoms with Gasteiger partial charge in [0, 0.05) is 46.5 Å². The summed E-state index contributed by atoms with van der Waals surface area (Å²) in [6.45, 7) is 5.60. The van der Waals surface area contributed by atoms with Crippen LogP contribution in [-0.4, -0.2) is 30.1 Å². The molecule has 0 saturated carbocycles. The van der Waals surface area contributed by atoms with Crippen LogP contribution in [0.1, 0.15) is 53.7 Å². The molecule has 1 aliphatic rings. The number of rotatable bonds is 7. The quantitative estimate of drug-likeness (QED) is 0.445. The highest BCUT2D eigenvalue weighted by Crippen LogP contribution is 2.49. The van der Waals surface area contributed by atoms with E-state index in [1.165, 1.54) is 18.2 Å². The molecule has 1 N–H and O–H groups in total. The number of aryl methyl sites for hydroxylation is 1. The molecule has 5 nitrogen and oxygen atoms in total. The van der Waals surface area contributed by atoms with Crippen LogP contribution < -0.4 is 5.32 Å². The summed E-state index contributed by atoms with van der Waals surface area (Å²) in [5, 5.41) is 6.51. The maximum Gasteiger partial charge on any atom is 0.435 e. The monoisotopic (exact) mass is 514 g/mol. The molecule has 0 aromatic heterocycles. The first-order valence-corrected chi connectivity index (χ1v) is 11.3. The van der Waals surface area contributed by atoms with Crippen LogP contribution >= 0.6 is 23.2 Å². The smallest absolute Gasteiger partial charge is 0.374 e. The molecule has 0 fully saturated rings. The molecule has 2 atom stereocenters. The lowest BCUT2D eigenvalue weighted by molar-refractivity contribution is -0.275. The molecule has 2 aromatic carbocycles. The van der Waals surface area contributed by atoms with Gasteiger partial charge in [-0.05, 0) is 49.2 Å². The van der Waals surface area contributed by atoms with Crippen molar-refractivity contribution in [2.45, 2.75) is 45.4 Å². The second-order valence-electron chi connectivity index (χ2n) is 8.24. The average molecular weight is 515 g/mol. The number of hydrogen-bond donors (Lipinski definition) is 1. The van der Waals surface area contributed by atoms with Crippen molar-refractivity contribution in [1.29, 1.82) is 0 Å². The Kier molecular flexibility index (Phi) is 7.62. The second kappa shape index (κ2) is 9.96. The van der Waals surface area contributed by atoms with E-state index in [1.54, 1.807) is 26.8 Å². The molecule has 34 heavy (non-hydrogen) atoms. The van der Waals surface area contributed by atoms with Gasteiger partial charge in [0.25, 0.3) is 5.60 Å². The zero-order valence-corrected chi connectivity index (χ0v) is 20.2. The molecule has 0 radical (unpaired) electrons. The molecular weight excluding hydrogens is 492 g/mol. The van der Waals surface area contributed by atoms with Gasteiger partial charge in [-0.25, -0.2) is 0 Å². The van der Waals surface area contributed by atoms with Gasteiger partial charge in [0.15, 0.2) is 5.78 Å². The number of amides is 1. The van der Waals surface area contributed by atoms with Gasteiger partial charge in [-0.1, -0.05) is 47.4 Å². The third kappa shape index (κ3) is 5.23. The number of halogens is 5. The van der Waals surface area contributed by atoms with Gasteiger partial charge in [-0.15, -0.1) is 0 Å². The van der Waals surface area contributed by atoms with Crippen LogP contribution in [0.15, 0.2) is 41.6 Å². The van der Waals surface area contributed by atoms with Gasteiger partial charge in [0.1, 0.15) is 0 Å². The van der Waals surface area contributed by atoms with E-state index in [9.17, 15) is 22.8 Å². The lowest BCUT2D eigenvalue weighted by Crippen LogP contribution is -2.42. The van der Waals surface area contributed by atoms with Gasteiger partial charge in [-0.3, -0.25) is 9.59 Å². The first-order chi connectivity index (χ1) is 15.9. The van der Waals surface area contributed by atoms with Gasteiger partial charge in [0.05, 0.1) is 5.71 Å². The number of nitrogens with zero attached hydrogens (tertiary/aromatic N) is 1. The number of carbonyl (C=O) groups excluding carboxylic acids is 2. The van der Waals surface area contributed by atoms with Crippen molar-refractivity contribution in [3.63, 3.8) is 0 Å². The van der Waals surface area contributed by atoms with Gasteiger partial charge >= 0.3 is 6.18 Å². The summed E-state index contributed by atoms with van der Waals surface area (Å²) < 4.78 is 42.5. The lowest BCUT2D eigenvalue weighted by atomic mass is 9.86. The minimum absolute atomic E-state index is 0.0167. The standard InChI is InChI=1S/C24H23Cl2F3N2O3/c1-4-30-22(33)14(3)8-21(32)19-6-5-15(7-13(19)2)20-12-23(34-31-20,24(27,28)29)16-9-17(25)11-18(26)10-16/h5-7,9-11,14H,4,8,12H2,1-3H3,(H,30,33). The summed E-state index contributed by atoms with van der Waals surface area (Å²) in [5.41, 5.74) is -1.57. The van der Waals surface area contributed by atoms with Crippen LogP contribution in [0.2, 0.25) is 10.0 Å². The average Bonchev–Trinajstić information content (AvgIpc) is 3.20. The van der Waals surface area contributed by atoms with Crippen molar-refractivity contribution < 1.29 is 27.6 Å².